The largest absolute Gasteiger partial charge is 0.369 e. The monoisotopic (exact) mass is 296 g/mol. The summed E-state index contributed by atoms with van der Waals surface area (Å²) in [6.07, 6.45) is 0.768. The van der Waals surface area contributed by atoms with Gasteiger partial charge in [-0.3, -0.25) is 19.8 Å². The number of non-ortho nitro benzene ring substituents is 1. The van der Waals surface area contributed by atoms with Crippen molar-refractivity contribution in [1.82, 2.24) is 4.90 Å². The van der Waals surface area contributed by atoms with Crippen LogP contribution in [0.15, 0.2) is 18.2 Å². The Kier molecular flexibility index (Phi) is 4.69. The van der Waals surface area contributed by atoms with Crippen LogP contribution >= 0.6 is 0 Å². The number of hydrogen-bond donors (Lipinski definition) is 1. The number of nitrogens with zero attached hydrogens (tertiary/aromatic N) is 3. The highest BCUT2D eigenvalue weighted by atomic mass is 19.1. The van der Waals surface area contributed by atoms with Crippen LogP contribution in [0.1, 0.15) is 6.42 Å². The number of carbonyl (C=O) groups excluding carboxylic acids is 1. The Balaban J connectivity index is 2.08. The number of hydrogen-bond acceptors (Lipinski definition) is 5. The summed E-state index contributed by atoms with van der Waals surface area (Å²) in [6.45, 7) is 2.68. The average molecular weight is 296 g/mol. The SMILES string of the molecule is NC(=O)CN1CCCN(c2ccc([N+](=O)[O-])cc2F)CC1. The maximum Gasteiger partial charge on any atom is 0.272 e. The number of halogens is 1. The number of amides is 1. The van der Waals surface area contributed by atoms with E-state index in [1.165, 1.54) is 12.1 Å². The number of nitro benzene ring substituents is 1. The normalized spacial score (nSPS) is 16.5. The molecule has 1 saturated heterocycles. The number of rotatable bonds is 4. The second kappa shape index (κ2) is 6.49. The zero-order valence-electron chi connectivity index (χ0n) is 11.5. The van der Waals surface area contributed by atoms with E-state index in [9.17, 15) is 19.3 Å². The third kappa shape index (κ3) is 3.88. The molecule has 1 fully saturated rings. The van der Waals surface area contributed by atoms with Crippen LogP contribution in [0.2, 0.25) is 0 Å². The summed E-state index contributed by atoms with van der Waals surface area (Å²) in [4.78, 5) is 24.7. The Labute approximate surface area is 121 Å². The number of anilines is 1. The van der Waals surface area contributed by atoms with Crippen LogP contribution in [0.25, 0.3) is 0 Å². The predicted molar refractivity (Wildman–Crippen MR) is 75.5 cm³/mol. The molecule has 0 atom stereocenters. The summed E-state index contributed by atoms with van der Waals surface area (Å²) in [5.41, 5.74) is 5.26. The van der Waals surface area contributed by atoms with Gasteiger partial charge in [0, 0.05) is 32.2 Å². The van der Waals surface area contributed by atoms with Crippen LogP contribution in [0.5, 0.6) is 0 Å². The molecule has 1 aliphatic heterocycles. The Hall–Kier alpha value is -2.22. The van der Waals surface area contributed by atoms with E-state index in [2.05, 4.69) is 0 Å². The van der Waals surface area contributed by atoms with Gasteiger partial charge in [-0.2, -0.15) is 0 Å². The minimum Gasteiger partial charge on any atom is -0.369 e. The van der Waals surface area contributed by atoms with Gasteiger partial charge in [-0.25, -0.2) is 4.39 Å². The van der Waals surface area contributed by atoms with Crippen molar-refractivity contribution in [3.8, 4) is 0 Å². The quantitative estimate of drug-likeness (QED) is 0.653. The minimum atomic E-state index is -0.621. The van der Waals surface area contributed by atoms with Crippen molar-refractivity contribution in [2.45, 2.75) is 6.42 Å². The van der Waals surface area contributed by atoms with Gasteiger partial charge in [0.15, 0.2) is 5.82 Å². The van der Waals surface area contributed by atoms with E-state index in [-0.39, 0.29) is 18.1 Å². The van der Waals surface area contributed by atoms with Gasteiger partial charge in [0.1, 0.15) is 0 Å². The fraction of sp³-hybridized carbons (Fsp3) is 0.462. The highest BCUT2D eigenvalue weighted by molar-refractivity contribution is 5.75. The standard InChI is InChI=1S/C13H17FN4O3/c14-11-8-10(18(20)21)2-3-12(11)17-5-1-4-16(6-7-17)9-13(15)19/h2-3,8H,1,4-7,9H2,(H2,15,19). The highest BCUT2D eigenvalue weighted by Crippen LogP contribution is 2.25. The molecule has 2 N–H and O–H groups in total. The summed E-state index contributed by atoms with van der Waals surface area (Å²) in [7, 11) is 0. The Morgan fingerprint density at radius 3 is 2.71 bits per heavy atom. The summed E-state index contributed by atoms with van der Waals surface area (Å²) in [5.74, 6) is -0.988. The summed E-state index contributed by atoms with van der Waals surface area (Å²) >= 11 is 0. The Morgan fingerprint density at radius 2 is 2.10 bits per heavy atom. The molecule has 0 aromatic heterocycles. The molecule has 8 heteroatoms. The molecule has 7 nitrogen and oxygen atoms in total. The molecule has 0 bridgehead atoms. The smallest absolute Gasteiger partial charge is 0.272 e. The van der Waals surface area contributed by atoms with Crippen LogP contribution in [0.4, 0.5) is 15.8 Å². The molecular formula is C13H17FN4O3. The number of benzene rings is 1. The number of carbonyl (C=O) groups is 1. The third-order valence-electron chi connectivity index (χ3n) is 3.45. The van der Waals surface area contributed by atoms with E-state index in [0.29, 0.717) is 31.9 Å². The first-order chi connectivity index (χ1) is 9.97. The van der Waals surface area contributed by atoms with Gasteiger partial charge < -0.3 is 10.6 Å². The lowest BCUT2D eigenvalue weighted by molar-refractivity contribution is -0.385. The lowest BCUT2D eigenvalue weighted by Gasteiger charge is -2.23. The lowest BCUT2D eigenvalue weighted by atomic mass is 10.2. The van der Waals surface area contributed by atoms with Crippen molar-refractivity contribution >= 4 is 17.3 Å². The van der Waals surface area contributed by atoms with Crippen LogP contribution in [0, 0.1) is 15.9 Å². The van der Waals surface area contributed by atoms with E-state index in [1.54, 1.807) is 0 Å². The van der Waals surface area contributed by atoms with Crippen LogP contribution < -0.4 is 10.6 Å². The zero-order chi connectivity index (χ0) is 15.4. The second-order valence-corrected chi connectivity index (χ2v) is 4.98. The first kappa shape index (κ1) is 15.2. The van der Waals surface area contributed by atoms with Gasteiger partial charge in [-0.1, -0.05) is 0 Å². The summed E-state index contributed by atoms with van der Waals surface area (Å²) in [6, 6.07) is 3.66. The van der Waals surface area contributed by atoms with Crippen molar-refractivity contribution in [1.29, 1.82) is 0 Å². The predicted octanol–water partition coefficient (Wildman–Crippen LogP) is 0.731. The third-order valence-corrected chi connectivity index (χ3v) is 3.45. The molecule has 1 aromatic rings. The van der Waals surface area contributed by atoms with Crippen molar-refractivity contribution in [2.75, 3.05) is 37.6 Å². The van der Waals surface area contributed by atoms with E-state index < -0.39 is 10.7 Å². The number of primary amides is 1. The fourth-order valence-electron chi connectivity index (χ4n) is 2.46. The molecule has 0 unspecified atom stereocenters. The molecule has 21 heavy (non-hydrogen) atoms. The van der Waals surface area contributed by atoms with Crippen LogP contribution in [0.3, 0.4) is 0 Å². The molecule has 1 aliphatic rings. The number of nitrogens with two attached hydrogens (primary N) is 1. The van der Waals surface area contributed by atoms with Crippen molar-refractivity contribution in [2.24, 2.45) is 5.73 Å². The zero-order valence-corrected chi connectivity index (χ0v) is 11.5. The van der Waals surface area contributed by atoms with Gasteiger partial charge >= 0.3 is 0 Å². The second-order valence-electron chi connectivity index (χ2n) is 4.98. The van der Waals surface area contributed by atoms with Gasteiger partial charge in [0.25, 0.3) is 5.69 Å². The van der Waals surface area contributed by atoms with Crippen molar-refractivity contribution in [3.05, 3.63) is 34.1 Å². The van der Waals surface area contributed by atoms with E-state index >= 15 is 0 Å². The summed E-state index contributed by atoms with van der Waals surface area (Å²) in [5, 5.41) is 10.6. The van der Waals surface area contributed by atoms with Gasteiger partial charge in [0.05, 0.1) is 23.2 Å². The Bertz CT molecular complexity index is 552. The maximum atomic E-state index is 14.0. The summed E-state index contributed by atoms with van der Waals surface area (Å²) < 4.78 is 14.0. The maximum absolute atomic E-state index is 14.0. The molecule has 2 rings (SSSR count). The van der Waals surface area contributed by atoms with Gasteiger partial charge in [-0.05, 0) is 12.5 Å². The van der Waals surface area contributed by atoms with Gasteiger partial charge in [0.2, 0.25) is 5.91 Å². The lowest BCUT2D eigenvalue weighted by Crippen LogP contribution is -2.36. The van der Waals surface area contributed by atoms with Crippen molar-refractivity contribution < 1.29 is 14.1 Å². The van der Waals surface area contributed by atoms with Gasteiger partial charge in [-0.15, -0.1) is 0 Å². The van der Waals surface area contributed by atoms with Crippen molar-refractivity contribution in [3.63, 3.8) is 0 Å². The van der Waals surface area contributed by atoms with E-state index in [1.807, 2.05) is 9.80 Å². The first-order valence-electron chi connectivity index (χ1n) is 6.67. The molecule has 114 valence electrons. The number of nitro groups is 1. The molecule has 0 aliphatic carbocycles. The molecule has 0 saturated carbocycles. The minimum absolute atomic E-state index is 0.191. The molecule has 1 amide bonds. The highest BCUT2D eigenvalue weighted by Gasteiger charge is 2.20. The fourth-order valence-corrected chi connectivity index (χ4v) is 2.46. The average Bonchev–Trinajstić information content (AvgIpc) is 2.63. The molecule has 0 radical (unpaired) electrons. The molecule has 1 aromatic carbocycles. The molecule has 0 spiro atoms. The van der Waals surface area contributed by atoms with E-state index in [0.717, 1.165) is 12.5 Å². The topological polar surface area (TPSA) is 92.7 Å². The van der Waals surface area contributed by atoms with E-state index in [4.69, 9.17) is 5.73 Å². The Morgan fingerprint density at radius 1 is 1.33 bits per heavy atom. The van der Waals surface area contributed by atoms with Crippen LogP contribution in [-0.2, 0) is 4.79 Å². The first-order valence-corrected chi connectivity index (χ1v) is 6.67. The van der Waals surface area contributed by atoms with Crippen LogP contribution in [-0.4, -0.2) is 48.5 Å². The molecular weight excluding hydrogens is 279 g/mol. The molecule has 1 heterocycles.